The van der Waals surface area contributed by atoms with E-state index >= 15 is 0 Å². The molecule has 1 unspecified atom stereocenters. The van der Waals surface area contributed by atoms with Crippen LogP contribution in [0.1, 0.15) is 60.4 Å². The molecule has 0 N–H and O–H groups in total. The Hall–Kier alpha value is -4.84. The molecule has 0 radical (unpaired) electrons. The molecule has 1 aliphatic heterocycles. The van der Waals surface area contributed by atoms with Crippen molar-refractivity contribution in [1.29, 1.82) is 0 Å². The van der Waals surface area contributed by atoms with Gasteiger partial charge >= 0.3 is 5.97 Å². The van der Waals surface area contributed by atoms with Crippen molar-refractivity contribution in [3.8, 4) is 0 Å². The molecule has 6 nitrogen and oxygen atoms in total. The highest BCUT2D eigenvalue weighted by Gasteiger charge is 2.78. The smallest absolute Gasteiger partial charge is 0.338 e. The summed E-state index contributed by atoms with van der Waals surface area (Å²) in [4.78, 5) is 55.0. The molecule has 0 bridgehead atoms. The third kappa shape index (κ3) is 2.97. The minimum absolute atomic E-state index is 0.0130. The van der Waals surface area contributed by atoms with Crippen LogP contribution in [0.2, 0.25) is 0 Å². The number of esters is 1. The minimum Gasteiger partial charge on any atom is -0.460 e. The zero-order chi connectivity index (χ0) is 27.9. The number of ketones is 1. The van der Waals surface area contributed by atoms with Gasteiger partial charge in [-0.2, -0.15) is 0 Å². The van der Waals surface area contributed by atoms with Crippen LogP contribution in [0, 0.1) is 11.8 Å². The third-order valence-electron chi connectivity index (χ3n) is 9.65. The van der Waals surface area contributed by atoms with Crippen molar-refractivity contribution < 1.29 is 23.9 Å². The fourth-order valence-electron chi connectivity index (χ4n) is 8.19. The van der Waals surface area contributed by atoms with Gasteiger partial charge in [0.05, 0.1) is 23.9 Å². The molecule has 2 amide bonds. The number of likely N-dealkylation sites (tertiary alicyclic amines) is 1. The van der Waals surface area contributed by atoms with E-state index in [1.54, 1.807) is 48.5 Å². The number of ether oxygens (including phenoxy) is 1. The van der Waals surface area contributed by atoms with Gasteiger partial charge in [-0.1, -0.05) is 97.1 Å². The van der Waals surface area contributed by atoms with E-state index in [0.29, 0.717) is 5.56 Å². The maximum absolute atomic E-state index is 13.8. The maximum atomic E-state index is 13.8. The Morgan fingerprint density at radius 3 is 1.78 bits per heavy atom. The molecule has 41 heavy (non-hydrogen) atoms. The van der Waals surface area contributed by atoms with Crippen LogP contribution >= 0.6 is 0 Å². The van der Waals surface area contributed by atoms with E-state index in [2.05, 4.69) is 24.3 Å². The minimum atomic E-state index is -0.663. The molecule has 1 heterocycles. The zero-order valence-corrected chi connectivity index (χ0v) is 22.0. The molecule has 0 aromatic heterocycles. The van der Waals surface area contributed by atoms with E-state index in [9.17, 15) is 19.2 Å². The molecule has 4 aromatic carbocycles. The molecule has 5 atom stereocenters. The Labute approximate surface area is 236 Å². The number of benzene rings is 4. The first kappa shape index (κ1) is 24.0. The first-order valence-corrected chi connectivity index (χ1v) is 13.9. The highest BCUT2D eigenvalue weighted by molar-refractivity contribution is 6.14. The monoisotopic (exact) mass is 539 g/mol. The fraction of sp³-hybridized carbons (Fsp3) is 0.200. The molecule has 1 saturated heterocycles. The number of carbonyl (C=O) groups excluding carboxylic acids is 4. The normalized spacial score (nSPS) is 26.1. The molecule has 200 valence electrons. The Morgan fingerprint density at radius 1 is 0.659 bits per heavy atom. The van der Waals surface area contributed by atoms with Gasteiger partial charge < -0.3 is 4.74 Å². The summed E-state index contributed by atoms with van der Waals surface area (Å²) in [5.41, 5.74) is 5.41. The van der Waals surface area contributed by atoms with Gasteiger partial charge in [-0.3, -0.25) is 19.3 Å². The number of imide groups is 1. The Balaban J connectivity index is 1.02. The molecular formula is C35H25NO5. The molecule has 6 heteroatoms. The quantitative estimate of drug-likeness (QED) is 0.198. The van der Waals surface area contributed by atoms with Gasteiger partial charge in [0.1, 0.15) is 6.61 Å². The van der Waals surface area contributed by atoms with E-state index in [4.69, 9.17) is 4.74 Å². The van der Waals surface area contributed by atoms with Gasteiger partial charge in [0.15, 0.2) is 5.78 Å². The average molecular weight is 540 g/mol. The summed E-state index contributed by atoms with van der Waals surface area (Å²) in [7, 11) is 0. The van der Waals surface area contributed by atoms with Gasteiger partial charge in [-0.25, -0.2) is 4.79 Å². The SMILES string of the molecule is O=C(OCCN1C(=O)[C@@H]2[C@H](C1=O)[C@@H]1c3ccccc3C13c1ccccc1[C@@H]23)c1ccccc1C(=O)c1ccccc1. The van der Waals surface area contributed by atoms with Gasteiger partial charge in [0.25, 0.3) is 0 Å². The van der Waals surface area contributed by atoms with E-state index in [1.165, 1.54) is 16.0 Å². The Morgan fingerprint density at radius 2 is 1.17 bits per heavy atom. The average Bonchev–Trinajstić information content (AvgIpc) is 3.37. The standard InChI is InChI=1S/C35H25NO5/c37-31(20-10-2-1-3-11-20)21-12-4-5-13-22(21)34(40)41-19-18-36-32(38)27-28(33(36)39)30-24-15-7-9-17-26(24)35(30)25-16-8-6-14-23(25)29(27)35/h1-17,27-30H,18-19H2/t27-,28+,29-,30-,35?/m0/s1. The largest absolute Gasteiger partial charge is 0.460 e. The summed E-state index contributed by atoms with van der Waals surface area (Å²) < 4.78 is 5.53. The topological polar surface area (TPSA) is 80.8 Å². The van der Waals surface area contributed by atoms with E-state index in [1.807, 2.05) is 30.3 Å². The Bertz CT molecular complexity index is 1720. The number of amides is 2. The van der Waals surface area contributed by atoms with E-state index in [-0.39, 0.29) is 59.1 Å². The lowest BCUT2D eigenvalue weighted by atomic mass is 9.43. The van der Waals surface area contributed by atoms with Crippen molar-refractivity contribution in [2.45, 2.75) is 17.3 Å². The number of carbonyl (C=O) groups is 4. The van der Waals surface area contributed by atoms with Crippen LogP contribution in [0.4, 0.5) is 0 Å². The second kappa shape index (κ2) is 8.58. The highest BCUT2D eigenvalue weighted by atomic mass is 16.5. The van der Waals surface area contributed by atoms with Crippen molar-refractivity contribution in [2.75, 3.05) is 13.2 Å². The number of fused-ring (bicyclic) bond motifs is 7. The number of rotatable bonds is 6. The summed E-state index contributed by atoms with van der Waals surface area (Å²) in [5.74, 6) is -2.20. The predicted molar refractivity (Wildman–Crippen MR) is 149 cm³/mol. The molecular weight excluding hydrogens is 514 g/mol. The van der Waals surface area contributed by atoms with Crippen molar-refractivity contribution in [3.05, 3.63) is 142 Å². The highest BCUT2D eigenvalue weighted by Crippen LogP contribution is 2.80. The van der Waals surface area contributed by atoms with Crippen molar-refractivity contribution in [1.82, 2.24) is 4.90 Å². The van der Waals surface area contributed by atoms with Gasteiger partial charge in [0.2, 0.25) is 11.8 Å². The second-order valence-electron chi connectivity index (χ2n) is 11.3. The molecule has 2 fully saturated rings. The van der Waals surface area contributed by atoms with Crippen LogP contribution < -0.4 is 0 Å². The first-order chi connectivity index (χ1) is 20.0. The van der Waals surface area contributed by atoms with Crippen LogP contribution in [0.3, 0.4) is 0 Å². The lowest BCUT2D eigenvalue weighted by Gasteiger charge is -2.59. The summed E-state index contributed by atoms with van der Waals surface area (Å²) in [6.07, 6.45) is 0. The molecule has 3 aliphatic carbocycles. The summed E-state index contributed by atoms with van der Waals surface area (Å²) in [6.45, 7) is -0.155. The molecule has 8 rings (SSSR count). The van der Waals surface area contributed by atoms with Crippen LogP contribution in [0.25, 0.3) is 0 Å². The maximum Gasteiger partial charge on any atom is 0.338 e. The molecule has 1 saturated carbocycles. The summed E-state index contributed by atoms with van der Waals surface area (Å²) in [5, 5.41) is 0. The first-order valence-electron chi connectivity index (χ1n) is 13.9. The lowest BCUT2D eigenvalue weighted by Crippen LogP contribution is -2.55. The van der Waals surface area contributed by atoms with Crippen LogP contribution in [-0.2, 0) is 19.7 Å². The predicted octanol–water partition coefficient (Wildman–Crippen LogP) is 4.87. The second-order valence-corrected chi connectivity index (χ2v) is 11.3. The van der Waals surface area contributed by atoms with Crippen molar-refractivity contribution in [2.24, 2.45) is 11.8 Å². The van der Waals surface area contributed by atoms with Gasteiger partial charge in [-0.15, -0.1) is 0 Å². The summed E-state index contributed by atoms with van der Waals surface area (Å²) >= 11 is 0. The number of nitrogens with zero attached hydrogens (tertiary/aromatic N) is 1. The van der Waals surface area contributed by atoms with Crippen LogP contribution in [0.5, 0.6) is 0 Å². The third-order valence-corrected chi connectivity index (χ3v) is 9.65. The summed E-state index contributed by atoms with van der Waals surface area (Å²) in [6, 6.07) is 31.8. The van der Waals surface area contributed by atoms with Gasteiger partial charge in [-0.05, 0) is 28.3 Å². The van der Waals surface area contributed by atoms with Crippen molar-refractivity contribution >= 4 is 23.6 Å². The van der Waals surface area contributed by atoms with Gasteiger partial charge in [0, 0.05) is 28.4 Å². The van der Waals surface area contributed by atoms with E-state index < -0.39 is 17.8 Å². The molecule has 1 spiro atoms. The van der Waals surface area contributed by atoms with Crippen molar-refractivity contribution in [3.63, 3.8) is 0 Å². The Kier molecular flexibility index (Phi) is 5.02. The molecule has 4 aliphatic rings. The van der Waals surface area contributed by atoms with Crippen LogP contribution in [-0.4, -0.2) is 41.6 Å². The van der Waals surface area contributed by atoms with E-state index in [0.717, 1.165) is 11.1 Å². The number of hydrogen-bond donors (Lipinski definition) is 0. The van der Waals surface area contributed by atoms with Crippen LogP contribution in [0.15, 0.2) is 103 Å². The molecule has 4 aromatic rings. The fourth-order valence-corrected chi connectivity index (χ4v) is 8.19. The number of hydrogen-bond acceptors (Lipinski definition) is 5. The lowest BCUT2D eigenvalue weighted by molar-refractivity contribution is -0.141. The zero-order valence-electron chi connectivity index (χ0n) is 22.0.